The van der Waals surface area contributed by atoms with Crippen LogP contribution in [0.3, 0.4) is 0 Å². The summed E-state index contributed by atoms with van der Waals surface area (Å²) in [6, 6.07) is 16.8. The topological polar surface area (TPSA) is 85.6 Å². The fraction of sp³-hybridized carbons (Fsp3) is 0.250. The zero-order valence-corrected chi connectivity index (χ0v) is 17.1. The van der Waals surface area contributed by atoms with Crippen LogP contribution >= 0.6 is 0 Å². The molecule has 0 radical (unpaired) electrons. The predicted octanol–water partition coefficient (Wildman–Crippen LogP) is 3.22. The first-order chi connectivity index (χ1) is 15.0. The van der Waals surface area contributed by atoms with Crippen LogP contribution in [0.2, 0.25) is 0 Å². The van der Waals surface area contributed by atoms with E-state index in [-0.39, 0.29) is 11.8 Å². The summed E-state index contributed by atoms with van der Waals surface area (Å²) in [5, 5.41) is 2.85. The molecule has 1 N–H and O–H groups in total. The van der Waals surface area contributed by atoms with Crippen molar-refractivity contribution < 1.29 is 0 Å². The number of allylic oxidation sites excluding steroid dienone is 1. The van der Waals surface area contributed by atoms with Crippen molar-refractivity contribution >= 4 is 11.0 Å². The van der Waals surface area contributed by atoms with Crippen molar-refractivity contribution in [1.29, 1.82) is 0 Å². The van der Waals surface area contributed by atoms with Crippen LogP contribution in [0.1, 0.15) is 43.0 Å². The third-order valence-electron chi connectivity index (χ3n) is 6.95. The van der Waals surface area contributed by atoms with Gasteiger partial charge in [-0.15, -0.1) is 0 Å². The van der Waals surface area contributed by atoms with Gasteiger partial charge in [-0.3, -0.25) is 0 Å². The second-order valence-electron chi connectivity index (χ2n) is 8.48. The van der Waals surface area contributed by atoms with Crippen LogP contribution in [-0.4, -0.2) is 24.3 Å². The summed E-state index contributed by atoms with van der Waals surface area (Å²) in [5.74, 6) is -0.135. The van der Waals surface area contributed by atoms with E-state index in [4.69, 9.17) is 9.97 Å². The summed E-state index contributed by atoms with van der Waals surface area (Å²) in [6.07, 6.45) is 1.73. The van der Waals surface area contributed by atoms with E-state index < -0.39 is 16.9 Å². The number of rotatable bonds is 3. The number of nitrogens with zero attached hydrogens (tertiary/aromatic N) is 4. The van der Waals surface area contributed by atoms with Crippen LogP contribution in [0.25, 0.3) is 16.7 Å². The summed E-state index contributed by atoms with van der Waals surface area (Å²) in [7, 11) is 0. The summed E-state index contributed by atoms with van der Waals surface area (Å²) < 4.78 is 2.69. The molecule has 0 spiro atoms. The minimum Gasteiger partial charge on any atom is -0.249 e. The third-order valence-corrected chi connectivity index (χ3v) is 6.95. The monoisotopic (exact) mass is 411 g/mol. The highest BCUT2D eigenvalue weighted by molar-refractivity contribution is 5.75. The van der Waals surface area contributed by atoms with Gasteiger partial charge in [-0.1, -0.05) is 42.5 Å². The molecular formula is C24H21N5O2. The van der Waals surface area contributed by atoms with Crippen molar-refractivity contribution in [2.24, 2.45) is 0 Å². The van der Waals surface area contributed by atoms with Crippen molar-refractivity contribution in [2.75, 3.05) is 0 Å². The van der Waals surface area contributed by atoms with Crippen LogP contribution in [0.15, 0.2) is 76.3 Å². The fourth-order valence-corrected chi connectivity index (χ4v) is 5.78. The Balaban J connectivity index is 1.62. The molecule has 4 aromatic rings. The Labute approximate surface area is 177 Å². The SMILES string of the molecule is C=C(C)C1(n2[nH]c(=O)n(-c3ccccc3)c2=O)C2CCC1c1nc3ccccc3nc12. The lowest BCUT2D eigenvalue weighted by Crippen LogP contribution is -2.45. The Morgan fingerprint density at radius 2 is 1.52 bits per heavy atom. The van der Waals surface area contributed by atoms with Crippen molar-refractivity contribution in [1.82, 2.24) is 24.3 Å². The number of fused-ring (bicyclic) bond motifs is 6. The molecular weight excluding hydrogens is 390 g/mol. The smallest absolute Gasteiger partial charge is 0.249 e. The molecule has 0 amide bonds. The number of para-hydroxylation sites is 3. The van der Waals surface area contributed by atoms with Gasteiger partial charge < -0.3 is 0 Å². The Hall–Kier alpha value is -3.74. The largest absolute Gasteiger partial charge is 0.352 e. The highest BCUT2D eigenvalue weighted by Crippen LogP contribution is 2.64. The molecule has 2 aromatic carbocycles. The number of hydrogen-bond donors (Lipinski definition) is 1. The molecule has 0 saturated heterocycles. The van der Waals surface area contributed by atoms with Crippen LogP contribution in [0.5, 0.6) is 0 Å². The van der Waals surface area contributed by atoms with E-state index >= 15 is 0 Å². The van der Waals surface area contributed by atoms with Gasteiger partial charge in [-0.2, -0.15) is 0 Å². The summed E-state index contributed by atoms with van der Waals surface area (Å²) in [4.78, 5) is 36.4. The maximum Gasteiger partial charge on any atom is 0.352 e. The molecule has 7 heteroatoms. The van der Waals surface area contributed by atoms with Crippen LogP contribution < -0.4 is 11.4 Å². The molecule has 2 aliphatic rings. The Morgan fingerprint density at radius 1 is 0.968 bits per heavy atom. The van der Waals surface area contributed by atoms with Crippen LogP contribution in [0, 0.1) is 0 Å². The Morgan fingerprint density at radius 3 is 2.06 bits per heavy atom. The first-order valence-electron chi connectivity index (χ1n) is 10.5. The number of H-pyrrole nitrogens is 1. The van der Waals surface area contributed by atoms with Crippen molar-refractivity contribution in [3.63, 3.8) is 0 Å². The van der Waals surface area contributed by atoms with E-state index in [2.05, 4.69) is 11.7 Å². The molecule has 31 heavy (non-hydrogen) atoms. The number of aromatic amines is 1. The zero-order chi connectivity index (χ0) is 21.3. The quantitative estimate of drug-likeness (QED) is 0.525. The molecule has 154 valence electrons. The van der Waals surface area contributed by atoms with Crippen molar-refractivity contribution in [2.45, 2.75) is 37.1 Å². The average Bonchev–Trinajstić information content (AvgIpc) is 3.39. The highest BCUT2D eigenvalue weighted by Gasteiger charge is 2.62. The normalized spacial score (nSPS) is 23.9. The van der Waals surface area contributed by atoms with E-state index in [0.29, 0.717) is 5.69 Å². The van der Waals surface area contributed by atoms with Gasteiger partial charge in [0.05, 0.1) is 28.1 Å². The maximum absolute atomic E-state index is 13.6. The van der Waals surface area contributed by atoms with Gasteiger partial charge in [-0.05, 0) is 44.0 Å². The molecule has 2 aromatic heterocycles. The predicted molar refractivity (Wildman–Crippen MR) is 118 cm³/mol. The molecule has 2 unspecified atom stereocenters. The van der Waals surface area contributed by atoms with Gasteiger partial charge in [0.1, 0.15) is 5.54 Å². The molecule has 2 heterocycles. The lowest BCUT2D eigenvalue weighted by molar-refractivity contribution is 0.267. The number of hydrogen-bond acceptors (Lipinski definition) is 4. The molecule has 1 saturated carbocycles. The van der Waals surface area contributed by atoms with E-state index in [1.165, 1.54) is 9.25 Å². The first-order valence-corrected chi connectivity index (χ1v) is 10.5. The van der Waals surface area contributed by atoms with Gasteiger partial charge in [0.2, 0.25) is 0 Å². The molecule has 2 aliphatic carbocycles. The molecule has 2 atom stereocenters. The standard InChI is InChI=1S/C24H21N5O2/c1-14(2)24(29-23(31)28(22(30)27-29)15-8-4-3-5-9-15)16-12-13-17(24)21-20(16)25-18-10-6-7-11-19(18)26-21/h3-11,16-17H,1,12-13H2,2H3,(H,27,30). The van der Waals surface area contributed by atoms with Crippen LogP contribution in [0.4, 0.5) is 0 Å². The molecule has 7 nitrogen and oxygen atoms in total. The van der Waals surface area contributed by atoms with Gasteiger partial charge in [0.25, 0.3) is 0 Å². The minimum atomic E-state index is -0.782. The lowest BCUT2D eigenvalue weighted by Gasteiger charge is -2.34. The van der Waals surface area contributed by atoms with Gasteiger partial charge in [0.15, 0.2) is 0 Å². The highest BCUT2D eigenvalue weighted by atomic mass is 16.2. The summed E-state index contributed by atoms with van der Waals surface area (Å²) >= 11 is 0. The first kappa shape index (κ1) is 18.1. The molecule has 2 bridgehead atoms. The van der Waals surface area contributed by atoms with E-state index in [9.17, 15) is 9.59 Å². The molecule has 0 aliphatic heterocycles. The lowest BCUT2D eigenvalue weighted by atomic mass is 9.80. The summed E-state index contributed by atoms with van der Waals surface area (Å²) in [6.45, 7) is 6.22. The molecule has 6 rings (SSSR count). The second kappa shape index (κ2) is 6.14. The van der Waals surface area contributed by atoms with E-state index in [1.54, 1.807) is 12.1 Å². The van der Waals surface area contributed by atoms with Gasteiger partial charge >= 0.3 is 11.4 Å². The minimum absolute atomic E-state index is 0.0675. The summed E-state index contributed by atoms with van der Waals surface area (Å²) in [5.41, 5.74) is 3.24. The van der Waals surface area contributed by atoms with Crippen LogP contribution in [-0.2, 0) is 5.54 Å². The van der Waals surface area contributed by atoms with Crippen molar-refractivity contribution in [3.8, 4) is 5.69 Å². The Bertz CT molecular complexity index is 1430. The molecule has 1 fully saturated rings. The number of nitrogens with one attached hydrogen (secondary N) is 1. The fourth-order valence-electron chi connectivity index (χ4n) is 5.78. The van der Waals surface area contributed by atoms with Gasteiger partial charge in [-0.25, -0.2) is 33.9 Å². The third kappa shape index (κ3) is 2.18. The number of aromatic nitrogens is 5. The average molecular weight is 411 g/mol. The van der Waals surface area contributed by atoms with E-state index in [1.807, 2.05) is 49.4 Å². The second-order valence-corrected chi connectivity index (χ2v) is 8.48. The zero-order valence-electron chi connectivity index (χ0n) is 17.1. The van der Waals surface area contributed by atoms with Gasteiger partial charge in [0, 0.05) is 11.8 Å². The Kier molecular flexibility index (Phi) is 3.57. The number of benzene rings is 2. The van der Waals surface area contributed by atoms with Crippen molar-refractivity contribution in [3.05, 3.63) is 99.1 Å². The maximum atomic E-state index is 13.6. The van der Waals surface area contributed by atoms with E-state index in [0.717, 1.165) is 40.8 Å².